The van der Waals surface area contributed by atoms with Crippen molar-refractivity contribution in [3.05, 3.63) is 40.8 Å². The van der Waals surface area contributed by atoms with Gasteiger partial charge in [0.05, 0.1) is 19.8 Å². The molecule has 0 spiro atoms. The van der Waals surface area contributed by atoms with E-state index in [1.807, 2.05) is 0 Å². The number of benzene rings is 1. The maximum absolute atomic E-state index is 14.5. The number of halogens is 3. The summed E-state index contributed by atoms with van der Waals surface area (Å²) in [7, 11) is 0. The number of carbonyl (C=O) groups is 3. The molecule has 2 aromatic rings. The summed E-state index contributed by atoms with van der Waals surface area (Å²) in [5.74, 6) is -2.70. The molecule has 0 bridgehead atoms. The Labute approximate surface area is 204 Å². The molecule has 0 aliphatic carbocycles. The molecule has 1 aromatic heterocycles. The van der Waals surface area contributed by atoms with Crippen molar-refractivity contribution in [1.29, 1.82) is 0 Å². The molecule has 192 valence electrons. The van der Waals surface area contributed by atoms with Gasteiger partial charge >= 0.3 is 29.9 Å². The molecular weight excluding hydrogens is 489 g/mol. The van der Waals surface area contributed by atoms with Crippen LogP contribution in [0.2, 0.25) is 0 Å². The van der Waals surface area contributed by atoms with E-state index in [1.165, 1.54) is 13.8 Å². The van der Waals surface area contributed by atoms with Crippen molar-refractivity contribution in [2.45, 2.75) is 46.0 Å². The molecule has 1 atom stereocenters. The maximum Gasteiger partial charge on any atom is 0.442 e. The number of esters is 2. The first-order chi connectivity index (χ1) is 16.6. The molecule has 0 fully saturated rings. The minimum absolute atomic E-state index is 0.0345. The lowest BCUT2D eigenvalue weighted by molar-refractivity contribution is -0.205. The zero-order valence-corrected chi connectivity index (χ0v) is 20.5. The highest BCUT2D eigenvalue weighted by molar-refractivity contribution is 7.17. The van der Waals surface area contributed by atoms with Gasteiger partial charge in [0.2, 0.25) is 0 Å². The Kier molecular flexibility index (Phi) is 9.52. The molecule has 0 radical (unpaired) electrons. The first kappa shape index (κ1) is 28.0. The Balaban J connectivity index is 2.81. The number of ether oxygens (including phenoxy) is 3. The number of nitrogens with one attached hydrogen (secondary N) is 2. The molecule has 1 aromatic carbocycles. The molecule has 0 aliphatic heterocycles. The van der Waals surface area contributed by atoms with E-state index >= 15 is 0 Å². The Morgan fingerprint density at radius 1 is 0.914 bits per heavy atom. The van der Waals surface area contributed by atoms with Crippen molar-refractivity contribution in [1.82, 2.24) is 5.32 Å². The molecule has 1 heterocycles. The van der Waals surface area contributed by atoms with E-state index in [1.54, 1.807) is 49.5 Å². The molecule has 0 unspecified atom stereocenters. The number of alkyl carbamates (subject to hydrolysis) is 1. The molecule has 1 amide bonds. The van der Waals surface area contributed by atoms with Gasteiger partial charge in [0.15, 0.2) is 0 Å². The van der Waals surface area contributed by atoms with Crippen LogP contribution in [0.25, 0.3) is 11.1 Å². The topological polar surface area (TPSA) is 103 Å². The van der Waals surface area contributed by atoms with Crippen molar-refractivity contribution in [3.8, 4) is 11.1 Å². The van der Waals surface area contributed by atoms with Crippen molar-refractivity contribution < 1.29 is 41.8 Å². The van der Waals surface area contributed by atoms with Crippen LogP contribution in [0.1, 0.15) is 42.9 Å². The smallest absolute Gasteiger partial charge is 0.442 e. The van der Waals surface area contributed by atoms with Gasteiger partial charge in [-0.3, -0.25) is 5.32 Å². The number of carbonyl (C=O) groups excluding carboxylic acids is 3. The average Bonchev–Trinajstić information content (AvgIpc) is 3.17. The van der Waals surface area contributed by atoms with Crippen LogP contribution in [-0.2, 0) is 25.4 Å². The molecule has 8 nitrogen and oxygen atoms in total. The molecule has 35 heavy (non-hydrogen) atoms. The van der Waals surface area contributed by atoms with Crippen LogP contribution in [-0.4, -0.2) is 49.7 Å². The van der Waals surface area contributed by atoms with Crippen LogP contribution in [0.5, 0.6) is 0 Å². The standard InChI is InChI=1S/C23H27F3N2O6S/c1-5-15-16(14-12-10-9-11-13-14)17(19(29)32-6-2)18(35-15)27-22(23(24,25)26,20(30)33-7-3)28-21(31)34-8-4/h9-13,27H,5-8H2,1-4H3,(H,28,31)/t22-/m0/s1. The second kappa shape index (κ2) is 11.9. The summed E-state index contributed by atoms with van der Waals surface area (Å²) in [6, 6.07) is 8.59. The van der Waals surface area contributed by atoms with E-state index in [0.717, 1.165) is 11.3 Å². The third-order valence-electron chi connectivity index (χ3n) is 4.72. The lowest BCUT2D eigenvalue weighted by Crippen LogP contribution is -2.69. The van der Waals surface area contributed by atoms with Gasteiger partial charge in [0.25, 0.3) is 0 Å². The van der Waals surface area contributed by atoms with Gasteiger partial charge in [0, 0.05) is 10.4 Å². The molecule has 12 heteroatoms. The Morgan fingerprint density at radius 2 is 1.51 bits per heavy atom. The third-order valence-corrected chi connectivity index (χ3v) is 5.97. The highest BCUT2D eigenvalue weighted by Gasteiger charge is 2.64. The molecule has 0 saturated carbocycles. The predicted molar refractivity (Wildman–Crippen MR) is 124 cm³/mol. The van der Waals surface area contributed by atoms with Crippen molar-refractivity contribution in [2.75, 3.05) is 25.1 Å². The number of aryl methyl sites for hydroxylation is 1. The van der Waals surface area contributed by atoms with E-state index in [4.69, 9.17) is 4.74 Å². The molecule has 0 aliphatic rings. The van der Waals surface area contributed by atoms with E-state index < -0.39 is 36.5 Å². The highest BCUT2D eigenvalue weighted by atomic mass is 32.1. The van der Waals surface area contributed by atoms with Gasteiger partial charge in [-0.25, -0.2) is 14.4 Å². The number of amides is 1. The van der Waals surface area contributed by atoms with Gasteiger partial charge in [-0.2, -0.15) is 13.2 Å². The van der Waals surface area contributed by atoms with Crippen molar-refractivity contribution >= 4 is 34.4 Å². The fourth-order valence-electron chi connectivity index (χ4n) is 3.24. The molecule has 2 rings (SSSR count). The number of rotatable bonds is 10. The molecule has 0 saturated heterocycles. The second-order valence-corrected chi connectivity index (χ2v) is 8.09. The quantitative estimate of drug-likeness (QED) is 0.256. The predicted octanol–water partition coefficient (Wildman–Crippen LogP) is 5.13. The SMILES string of the molecule is CCOC(=O)N[C@@](Nc1sc(CC)c(-c2ccccc2)c1C(=O)OCC)(C(=O)OCC)C(F)(F)F. The van der Waals surface area contributed by atoms with E-state index in [2.05, 4.69) is 14.8 Å². The van der Waals surface area contributed by atoms with Gasteiger partial charge in [-0.1, -0.05) is 37.3 Å². The summed E-state index contributed by atoms with van der Waals surface area (Å²) >= 11 is 0.842. The van der Waals surface area contributed by atoms with Crippen LogP contribution in [0.15, 0.2) is 30.3 Å². The number of thiophene rings is 1. The minimum atomic E-state index is -5.39. The van der Waals surface area contributed by atoms with E-state index in [9.17, 15) is 27.6 Å². The van der Waals surface area contributed by atoms with Gasteiger partial charge in [-0.15, -0.1) is 11.3 Å². The minimum Gasteiger partial charge on any atom is -0.463 e. The summed E-state index contributed by atoms with van der Waals surface area (Å²) in [5, 5.41) is 3.34. The fraction of sp³-hybridized carbons (Fsp3) is 0.435. The first-order valence-electron chi connectivity index (χ1n) is 10.9. The zero-order chi connectivity index (χ0) is 26.2. The van der Waals surface area contributed by atoms with Crippen LogP contribution >= 0.6 is 11.3 Å². The summed E-state index contributed by atoms with van der Waals surface area (Å²) in [6.45, 7) is 5.37. The second-order valence-electron chi connectivity index (χ2n) is 6.98. The Morgan fingerprint density at radius 3 is 2.03 bits per heavy atom. The summed E-state index contributed by atoms with van der Waals surface area (Å²) in [4.78, 5) is 38.4. The van der Waals surface area contributed by atoms with Gasteiger partial charge in [-0.05, 0) is 32.8 Å². The maximum atomic E-state index is 14.5. The van der Waals surface area contributed by atoms with Crippen LogP contribution in [0.3, 0.4) is 0 Å². The monoisotopic (exact) mass is 516 g/mol. The van der Waals surface area contributed by atoms with Crippen molar-refractivity contribution in [2.24, 2.45) is 0 Å². The lowest BCUT2D eigenvalue weighted by Gasteiger charge is -2.34. The zero-order valence-electron chi connectivity index (χ0n) is 19.7. The number of hydrogen-bond acceptors (Lipinski definition) is 8. The van der Waals surface area contributed by atoms with E-state index in [0.29, 0.717) is 22.4 Å². The van der Waals surface area contributed by atoms with Crippen LogP contribution in [0.4, 0.5) is 23.0 Å². The van der Waals surface area contributed by atoms with Crippen LogP contribution in [0, 0.1) is 0 Å². The number of hydrogen-bond donors (Lipinski definition) is 2. The van der Waals surface area contributed by atoms with E-state index in [-0.39, 0.29) is 23.8 Å². The first-order valence-corrected chi connectivity index (χ1v) is 11.7. The number of anilines is 1. The summed E-state index contributed by atoms with van der Waals surface area (Å²) < 4.78 is 57.9. The normalized spacial score (nSPS) is 12.9. The number of alkyl halides is 3. The van der Waals surface area contributed by atoms with Crippen molar-refractivity contribution in [3.63, 3.8) is 0 Å². The Hall–Kier alpha value is -3.28. The lowest BCUT2D eigenvalue weighted by atomic mass is 9.99. The van der Waals surface area contributed by atoms with Gasteiger partial charge < -0.3 is 19.5 Å². The Bertz CT molecular complexity index is 1040. The third kappa shape index (κ3) is 6.05. The largest absolute Gasteiger partial charge is 0.463 e. The summed E-state index contributed by atoms with van der Waals surface area (Å²) in [5.41, 5.74) is -2.98. The average molecular weight is 517 g/mol. The van der Waals surface area contributed by atoms with Gasteiger partial charge in [0.1, 0.15) is 10.6 Å². The molecular formula is C23H27F3N2O6S. The highest BCUT2D eigenvalue weighted by Crippen LogP contribution is 2.44. The van der Waals surface area contributed by atoms with Crippen LogP contribution < -0.4 is 10.6 Å². The summed E-state index contributed by atoms with van der Waals surface area (Å²) in [6.07, 6.45) is -6.52. The molecule has 2 N–H and O–H groups in total. The fourth-order valence-corrected chi connectivity index (χ4v) is 4.45.